The highest BCUT2D eigenvalue weighted by Crippen LogP contribution is 2.35. The summed E-state index contributed by atoms with van der Waals surface area (Å²) in [5.74, 6) is 0.944. The lowest BCUT2D eigenvalue weighted by Gasteiger charge is -2.11. The lowest BCUT2D eigenvalue weighted by Crippen LogP contribution is -2.20. The van der Waals surface area contributed by atoms with Crippen molar-refractivity contribution in [3.8, 4) is 17.0 Å². The van der Waals surface area contributed by atoms with Crippen LogP contribution in [0.2, 0.25) is 0 Å². The summed E-state index contributed by atoms with van der Waals surface area (Å²) in [6.45, 7) is 4.75. The average molecular weight is 391 g/mol. The normalized spacial score (nSPS) is 11.3. The van der Waals surface area contributed by atoms with Crippen LogP contribution in [0.15, 0.2) is 59.0 Å². The molecule has 4 aromatic rings. The Morgan fingerprint density at radius 2 is 1.96 bits per heavy atom. The maximum absolute atomic E-state index is 12.8. The SMILES string of the molecule is CC(C)c1cccc(COc2nn(C)c(=O)c3c(-c4ccncc4)csc23)c1. The zero-order chi connectivity index (χ0) is 19.7. The van der Waals surface area contributed by atoms with Crippen molar-refractivity contribution in [1.29, 1.82) is 0 Å². The Labute approximate surface area is 167 Å². The third-order valence-electron chi connectivity index (χ3n) is 4.72. The van der Waals surface area contributed by atoms with E-state index in [2.05, 4.69) is 36.1 Å². The van der Waals surface area contributed by atoms with Crippen LogP contribution in [0.3, 0.4) is 0 Å². The molecule has 0 saturated heterocycles. The topological polar surface area (TPSA) is 57.0 Å². The quantitative estimate of drug-likeness (QED) is 0.492. The van der Waals surface area contributed by atoms with E-state index in [1.54, 1.807) is 19.4 Å². The minimum Gasteiger partial charge on any atom is -0.471 e. The first-order chi connectivity index (χ1) is 13.5. The molecule has 0 N–H and O–H groups in total. The van der Waals surface area contributed by atoms with Gasteiger partial charge in [-0.3, -0.25) is 9.78 Å². The van der Waals surface area contributed by atoms with Crippen molar-refractivity contribution in [3.63, 3.8) is 0 Å². The van der Waals surface area contributed by atoms with E-state index in [1.807, 2.05) is 29.6 Å². The second-order valence-electron chi connectivity index (χ2n) is 7.01. The lowest BCUT2D eigenvalue weighted by atomic mass is 10.0. The molecule has 3 heterocycles. The summed E-state index contributed by atoms with van der Waals surface area (Å²) in [7, 11) is 1.65. The van der Waals surface area contributed by atoms with Gasteiger partial charge in [0.05, 0.1) is 5.39 Å². The maximum atomic E-state index is 12.8. The van der Waals surface area contributed by atoms with E-state index in [-0.39, 0.29) is 5.56 Å². The van der Waals surface area contributed by atoms with E-state index in [9.17, 15) is 4.79 Å². The van der Waals surface area contributed by atoms with Gasteiger partial charge in [-0.15, -0.1) is 16.4 Å². The highest BCUT2D eigenvalue weighted by Gasteiger charge is 2.17. The second-order valence-corrected chi connectivity index (χ2v) is 7.89. The first kappa shape index (κ1) is 18.4. The summed E-state index contributed by atoms with van der Waals surface area (Å²) in [5, 5.41) is 6.98. The van der Waals surface area contributed by atoms with E-state index in [1.165, 1.54) is 21.6 Å². The van der Waals surface area contributed by atoms with Crippen molar-refractivity contribution in [2.45, 2.75) is 26.4 Å². The van der Waals surface area contributed by atoms with Crippen LogP contribution in [0, 0.1) is 0 Å². The molecule has 6 heteroatoms. The number of benzene rings is 1. The van der Waals surface area contributed by atoms with Gasteiger partial charge < -0.3 is 4.74 Å². The molecule has 3 aromatic heterocycles. The number of hydrogen-bond donors (Lipinski definition) is 0. The van der Waals surface area contributed by atoms with Gasteiger partial charge in [0, 0.05) is 30.4 Å². The van der Waals surface area contributed by atoms with Crippen LogP contribution in [-0.2, 0) is 13.7 Å². The molecule has 0 bridgehead atoms. The van der Waals surface area contributed by atoms with Crippen molar-refractivity contribution in [1.82, 2.24) is 14.8 Å². The number of pyridine rings is 1. The van der Waals surface area contributed by atoms with E-state index in [0.717, 1.165) is 21.4 Å². The number of aromatic nitrogens is 3. The number of fused-ring (bicyclic) bond motifs is 1. The van der Waals surface area contributed by atoms with E-state index in [0.29, 0.717) is 23.8 Å². The predicted molar refractivity (Wildman–Crippen MR) is 113 cm³/mol. The minimum atomic E-state index is -0.128. The fourth-order valence-electron chi connectivity index (χ4n) is 3.15. The first-order valence-electron chi connectivity index (χ1n) is 9.15. The van der Waals surface area contributed by atoms with Crippen LogP contribution in [-0.4, -0.2) is 14.8 Å². The van der Waals surface area contributed by atoms with Crippen molar-refractivity contribution in [2.75, 3.05) is 0 Å². The Morgan fingerprint density at radius 3 is 2.71 bits per heavy atom. The molecule has 142 valence electrons. The molecule has 0 aliphatic rings. The van der Waals surface area contributed by atoms with Gasteiger partial charge in [0.15, 0.2) is 0 Å². The van der Waals surface area contributed by atoms with Crippen molar-refractivity contribution >= 4 is 21.4 Å². The molecule has 0 aliphatic carbocycles. The van der Waals surface area contributed by atoms with Crippen molar-refractivity contribution < 1.29 is 4.74 Å². The van der Waals surface area contributed by atoms with Crippen LogP contribution in [0.4, 0.5) is 0 Å². The zero-order valence-electron chi connectivity index (χ0n) is 16.0. The molecule has 0 radical (unpaired) electrons. The van der Waals surface area contributed by atoms with Crippen LogP contribution in [0.5, 0.6) is 5.88 Å². The monoisotopic (exact) mass is 391 g/mol. The van der Waals surface area contributed by atoms with Gasteiger partial charge in [-0.25, -0.2) is 4.68 Å². The van der Waals surface area contributed by atoms with Gasteiger partial charge in [0.1, 0.15) is 11.3 Å². The Hall–Kier alpha value is -2.99. The number of nitrogens with zero attached hydrogens (tertiary/aromatic N) is 3. The predicted octanol–water partition coefficient (Wildman–Crippen LogP) is 4.76. The molecule has 0 amide bonds. The summed E-state index contributed by atoms with van der Waals surface area (Å²) >= 11 is 1.48. The molecule has 0 saturated carbocycles. The minimum absolute atomic E-state index is 0.128. The van der Waals surface area contributed by atoms with Gasteiger partial charge in [0.2, 0.25) is 5.88 Å². The number of hydrogen-bond acceptors (Lipinski definition) is 5. The number of ether oxygens (including phenoxy) is 1. The molecule has 0 aliphatic heterocycles. The number of thiophene rings is 1. The van der Waals surface area contributed by atoms with Gasteiger partial charge in [0.25, 0.3) is 5.56 Å². The summed E-state index contributed by atoms with van der Waals surface area (Å²) in [4.78, 5) is 16.8. The molecule has 28 heavy (non-hydrogen) atoms. The number of rotatable bonds is 5. The van der Waals surface area contributed by atoms with Crippen LogP contribution < -0.4 is 10.3 Å². The van der Waals surface area contributed by atoms with E-state index in [4.69, 9.17) is 4.74 Å². The van der Waals surface area contributed by atoms with Crippen LogP contribution in [0.1, 0.15) is 30.9 Å². The molecular weight excluding hydrogens is 370 g/mol. The van der Waals surface area contributed by atoms with Crippen LogP contribution >= 0.6 is 11.3 Å². The van der Waals surface area contributed by atoms with Gasteiger partial charge >= 0.3 is 0 Å². The largest absolute Gasteiger partial charge is 0.471 e. The van der Waals surface area contributed by atoms with Gasteiger partial charge in [-0.2, -0.15) is 0 Å². The Balaban J connectivity index is 1.72. The molecule has 4 rings (SSSR count). The Bertz CT molecular complexity index is 1180. The zero-order valence-corrected chi connectivity index (χ0v) is 16.9. The highest BCUT2D eigenvalue weighted by molar-refractivity contribution is 7.18. The summed E-state index contributed by atoms with van der Waals surface area (Å²) in [5.41, 5.74) is 4.08. The third kappa shape index (κ3) is 3.43. The summed E-state index contributed by atoms with van der Waals surface area (Å²) < 4.78 is 8.17. The first-order valence-corrected chi connectivity index (χ1v) is 10.0. The van der Waals surface area contributed by atoms with Gasteiger partial charge in [-0.05, 0) is 34.7 Å². The molecule has 5 nitrogen and oxygen atoms in total. The molecule has 1 aromatic carbocycles. The molecule has 0 unspecified atom stereocenters. The Kier molecular flexibility index (Phi) is 4.96. The molecule has 0 atom stereocenters. The van der Waals surface area contributed by atoms with Crippen molar-refractivity contribution in [3.05, 3.63) is 75.7 Å². The smallest absolute Gasteiger partial charge is 0.276 e. The van der Waals surface area contributed by atoms with E-state index >= 15 is 0 Å². The number of aryl methyl sites for hydroxylation is 1. The average Bonchev–Trinajstić information content (AvgIpc) is 3.16. The van der Waals surface area contributed by atoms with Crippen LogP contribution in [0.25, 0.3) is 21.2 Å². The highest BCUT2D eigenvalue weighted by atomic mass is 32.1. The lowest BCUT2D eigenvalue weighted by molar-refractivity contribution is 0.290. The van der Waals surface area contributed by atoms with Crippen molar-refractivity contribution in [2.24, 2.45) is 7.05 Å². The standard InChI is InChI=1S/C22H21N3O2S/c1-14(2)17-6-4-5-15(11-17)12-27-21-20-19(22(26)25(3)24-21)18(13-28-20)16-7-9-23-10-8-16/h4-11,13-14H,12H2,1-3H3. The second kappa shape index (κ2) is 7.56. The fraction of sp³-hybridized carbons (Fsp3) is 0.227. The maximum Gasteiger partial charge on any atom is 0.276 e. The molecular formula is C22H21N3O2S. The molecule has 0 spiro atoms. The van der Waals surface area contributed by atoms with Gasteiger partial charge in [-0.1, -0.05) is 38.1 Å². The Morgan fingerprint density at radius 1 is 1.18 bits per heavy atom. The molecule has 0 fully saturated rings. The summed E-state index contributed by atoms with van der Waals surface area (Å²) in [6, 6.07) is 12.2. The van der Waals surface area contributed by atoms with E-state index < -0.39 is 0 Å². The summed E-state index contributed by atoms with van der Waals surface area (Å²) in [6.07, 6.45) is 3.45. The fourth-order valence-corrected chi connectivity index (χ4v) is 4.15. The third-order valence-corrected chi connectivity index (χ3v) is 5.69.